The van der Waals surface area contributed by atoms with Gasteiger partial charge in [0.1, 0.15) is 0 Å². The van der Waals surface area contributed by atoms with Crippen LogP contribution in [0.25, 0.3) is 16.4 Å². The summed E-state index contributed by atoms with van der Waals surface area (Å²) < 4.78 is 9.21. The minimum Gasteiger partial charge on any atom is -0.462 e. The predicted octanol–water partition coefficient (Wildman–Crippen LogP) is 6.05. The molecule has 4 rings (SSSR count). The molecule has 0 radical (unpaired) electrons. The van der Waals surface area contributed by atoms with Crippen molar-refractivity contribution in [2.75, 3.05) is 12.9 Å². The number of carbonyl (C=O) groups is 2. The van der Waals surface area contributed by atoms with E-state index in [-0.39, 0.29) is 12.4 Å². The monoisotopic (exact) mass is 473 g/mol. The smallest absolute Gasteiger partial charge is 0.341 e. The highest BCUT2D eigenvalue weighted by atomic mass is 79.9. The molecule has 0 aliphatic rings. The molecule has 3 aromatic heterocycles. The first-order valence-corrected chi connectivity index (χ1v) is 11.5. The van der Waals surface area contributed by atoms with Gasteiger partial charge in [0.05, 0.1) is 32.3 Å². The second kappa shape index (κ2) is 7.73. The second-order valence-electron chi connectivity index (χ2n) is 6.03. The van der Waals surface area contributed by atoms with Crippen molar-refractivity contribution >= 4 is 67.2 Å². The molecule has 0 aliphatic heterocycles. The van der Waals surface area contributed by atoms with Crippen molar-refractivity contribution in [1.29, 1.82) is 0 Å². The molecule has 1 aromatic carbocycles. The number of thiophene rings is 1. The van der Waals surface area contributed by atoms with Crippen LogP contribution in [0, 0.1) is 0 Å². The van der Waals surface area contributed by atoms with Gasteiger partial charge in [0.25, 0.3) is 0 Å². The summed E-state index contributed by atoms with van der Waals surface area (Å²) in [5.41, 5.74) is 2.68. The molecule has 0 saturated carbocycles. The van der Waals surface area contributed by atoms with E-state index in [4.69, 9.17) is 4.74 Å². The first-order valence-electron chi connectivity index (χ1n) is 8.63. The van der Waals surface area contributed by atoms with E-state index in [1.807, 2.05) is 47.2 Å². The van der Waals surface area contributed by atoms with Crippen molar-refractivity contribution in [2.45, 2.75) is 11.1 Å². The van der Waals surface area contributed by atoms with E-state index < -0.39 is 5.97 Å². The molecular weight excluding hydrogens is 458 g/mol. The molecule has 0 N–H and O–H groups in total. The fourth-order valence-electron chi connectivity index (χ4n) is 3.26. The van der Waals surface area contributed by atoms with Crippen molar-refractivity contribution in [1.82, 2.24) is 4.40 Å². The molecular formula is C21H16BrNO3S2. The second-order valence-corrected chi connectivity index (χ2v) is 9.04. The first-order chi connectivity index (χ1) is 13.6. The number of fused-ring (bicyclic) bond motifs is 3. The van der Waals surface area contributed by atoms with E-state index in [1.54, 1.807) is 30.8 Å². The van der Waals surface area contributed by atoms with Crippen LogP contribution < -0.4 is 0 Å². The third-order valence-corrected chi connectivity index (χ3v) is 7.25. The molecule has 0 aliphatic carbocycles. The average molecular weight is 474 g/mol. The molecule has 0 amide bonds. The lowest BCUT2D eigenvalue weighted by molar-refractivity contribution is 0.0531. The van der Waals surface area contributed by atoms with Crippen LogP contribution in [0.1, 0.15) is 32.5 Å². The molecule has 0 bridgehead atoms. The SMILES string of the molecule is CCOC(=O)c1c2c(C(=O)c3ccc(Br)cc3)sc(SC)c2n2ccccc12. The topological polar surface area (TPSA) is 47.8 Å². The zero-order chi connectivity index (χ0) is 19.8. The van der Waals surface area contributed by atoms with Gasteiger partial charge in [0, 0.05) is 21.6 Å². The predicted molar refractivity (Wildman–Crippen MR) is 118 cm³/mol. The molecule has 0 saturated heterocycles. The van der Waals surface area contributed by atoms with Crippen molar-refractivity contribution in [3.05, 3.63) is 69.1 Å². The summed E-state index contributed by atoms with van der Waals surface area (Å²) in [4.78, 5) is 26.7. The number of rotatable bonds is 5. The zero-order valence-electron chi connectivity index (χ0n) is 15.2. The molecule has 0 fully saturated rings. The van der Waals surface area contributed by atoms with Crippen LogP contribution in [0.15, 0.2) is 57.3 Å². The number of pyridine rings is 1. The Morgan fingerprint density at radius 1 is 1.18 bits per heavy atom. The van der Waals surface area contributed by atoms with Gasteiger partial charge in [-0.05, 0) is 49.6 Å². The van der Waals surface area contributed by atoms with Gasteiger partial charge in [-0.2, -0.15) is 0 Å². The van der Waals surface area contributed by atoms with E-state index >= 15 is 0 Å². The van der Waals surface area contributed by atoms with Crippen LogP contribution in [0.5, 0.6) is 0 Å². The van der Waals surface area contributed by atoms with Crippen molar-refractivity contribution in [3.8, 4) is 0 Å². The largest absolute Gasteiger partial charge is 0.462 e. The molecule has 4 nitrogen and oxygen atoms in total. The van der Waals surface area contributed by atoms with Crippen LogP contribution in [0.4, 0.5) is 0 Å². The minimum atomic E-state index is -0.406. The maximum atomic E-state index is 13.3. The van der Waals surface area contributed by atoms with Gasteiger partial charge >= 0.3 is 5.97 Å². The molecule has 7 heteroatoms. The summed E-state index contributed by atoms with van der Waals surface area (Å²) in [6.07, 6.45) is 3.90. The van der Waals surface area contributed by atoms with Crippen LogP contribution in [-0.4, -0.2) is 29.0 Å². The first kappa shape index (κ1) is 19.2. The van der Waals surface area contributed by atoms with Crippen LogP contribution >= 0.6 is 39.0 Å². The summed E-state index contributed by atoms with van der Waals surface area (Å²) in [7, 11) is 0. The highest BCUT2D eigenvalue weighted by molar-refractivity contribution is 9.10. The number of hydrogen-bond donors (Lipinski definition) is 0. The fourth-order valence-corrected chi connectivity index (χ4v) is 5.50. The number of benzene rings is 1. The Kier molecular flexibility index (Phi) is 5.31. The normalized spacial score (nSPS) is 11.2. The third-order valence-electron chi connectivity index (χ3n) is 4.44. The Labute approximate surface area is 178 Å². The van der Waals surface area contributed by atoms with Crippen molar-refractivity contribution in [3.63, 3.8) is 0 Å². The van der Waals surface area contributed by atoms with Crippen molar-refractivity contribution in [2.24, 2.45) is 0 Å². The van der Waals surface area contributed by atoms with Gasteiger partial charge in [-0.25, -0.2) is 4.79 Å². The van der Waals surface area contributed by atoms with E-state index in [2.05, 4.69) is 15.9 Å². The molecule has 0 atom stereocenters. The number of hydrogen-bond acceptors (Lipinski definition) is 5. The van der Waals surface area contributed by atoms with E-state index in [9.17, 15) is 9.59 Å². The molecule has 142 valence electrons. The lowest BCUT2D eigenvalue weighted by Gasteiger charge is -2.04. The van der Waals surface area contributed by atoms with Gasteiger partial charge in [-0.3, -0.25) is 4.79 Å². The zero-order valence-corrected chi connectivity index (χ0v) is 18.4. The quantitative estimate of drug-likeness (QED) is 0.201. The summed E-state index contributed by atoms with van der Waals surface area (Å²) in [6.45, 7) is 2.06. The Morgan fingerprint density at radius 3 is 2.61 bits per heavy atom. The number of esters is 1. The van der Waals surface area contributed by atoms with Gasteiger partial charge in [-0.15, -0.1) is 23.1 Å². The number of thioether (sulfide) groups is 1. The number of ether oxygens (including phenoxy) is 1. The lowest BCUT2D eigenvalue weighted by Crippen LogP contribution is -2.06. The van der Waals surface area contributed by atoms with E-state index in [0.717, 1.165) is 19.7 Å². The highest BCUT2D eigenvalue weighted by Gasteiger charge is 2.29. The molecule has 3 heterocycles. The van der Waals surface area contributed by atoms with Gasteiger partial charge in [-0.1, -0.05) is 22.0 Å². The van der Waals surface area contributed by atoms with E-state index in [0.29, 0.717) is 21.4 Å². The number of ketones is 1. The van der Waals surface area contributed by atoms with Crippen LogP contribution in [0.2, 0.25) is 0 Å². The number of aromatic nitrogens is 1. The van der Waals surface area contributed by atoms with E-state index in [1.165, 1.54) is 11.3 Å². The molecule has 4 aromatic rings. The van der Waals surface area contributed by atoms with Gasteiger partial charge in [0.2, 0.25) is 5.78 Å². The maximum absolute atomic E-state index is 13.3. The summed E-state index contributed by atoms with van der Waals surface area (Å²) in [5.74, 6) is -0.499. The standard InChI is InChI=1S/C21H16BrNO3S2/c1-3-26-20(25)15-14-6-4-5-11-23(14)17-16(15)19(28-21(17)27-2)18(24)12-7-9-13(22)10-8-12/h4-11H,3H2,1-2H3. The summed E-state index contributed by atoms with van der Waals surface area (Å²) in [6, 6.07) is 12.9. The number of halogens is 1. The van der Waals surface area contributed by atoms with Gasteiger partial charge in [0.15, 0.2) is 0 Å². The van der Waals surface area contributed by atoms with Gasteiger partial charge < -0.3 is 9.14 Å². The van der Waals surface area contributed by atoms with Crippen LogP contribution in [-0.2, 0) is 4.74 Å². The minimum absolute atomic E-state index is 0.0933. The highest BCUT2D eigenvalue weighted by Crippen LogP contribution is 2.43. The maximum Gasteiger partial charge on any atom is 0.341 e. The average Bonchev–Trinajstić information content (AvgIpc) is 3.23. The van der Waals surface area contributed by atoms with Crippen LogP contribution in [0.3, 0.4) is 0 Å². The fraction of sp³-hybridized carbons (Fsp3) is 0.143. The molecule has 28 heavy (non-hydrogen) atoms. The third kappa shape index (κ3) is 3.07. The number of carbonyl (C=O) groups excluding carboxylic acids is 2. The summed E-state index contributed by atoms with van der Waals surface area (Å²) >= 11 is 6.40. The summed E-state index contributed by atoms with van der Waals surface area (Å²) in [5, 5.41) is 0.673. The Hall–Kier alpha value is -2.09. The molecule has 0 spiro atoms. The lowest BCUT2D eigenvalue weighted by atomic mass is 10.1. The molecule has 0 unspecified atom stereocenters. The Balaban J connectivity index is 2.05. The Bertz CT molecular complexity index is 1210. The van der Waals surface area contributed by atoms with Crippen molar-refractivity contribution < 1.29 is 14.3 Å². The Morgan fingerprint density at radius 2 is 1.93 bits per heavy atom. The number of nitrogens with zero attached hydrogens (tertiary/aromatic N) is 1.